The molecular formula is C28H28F3N7O2. The molecule has 208 valence electrons. The van der Waals surface area contributed by atoms with Gasteiger partial charge in [-0.3, -0.25) is 14.0 Å². The number of hydrogen-bond acceptors (Lipinski definition) is 6. The summed E-state index contributed by atoms with van der Waals surface area (Å²) in [6.45, 7) is 1.83. The molecule has 1 aromatic carbocycles. The number of hydrogen-bond donors (Lipinski definition) is 3. The summed E-state index contributed by atoms with van der Waals surface area (Å²) in [6.07, 6.45) is 3.86. The number of nitrogens with zero attached hydrogens (tertiary/aromatic N) is 4. The van der Waals surface area contributed by atoms with Gasteiger partial charge in [-0.25, -0.2) is 15.0 Å². The number of nitrogen functional groups attached to an aromatic ring is 1. The quantitative estimate of drug-likeness (QED) is 0.302. The van der Waals surface area contributed by atoms with E-state index in [0.29, 0.717) is 29.0 Å². The SMILES string of the molecule is CCC(=O)N[C@@H]1CCC[C@H](c2nc(-c3ccc(C(=O)Nc4cc(C(F)(F)F)ccn4)cc3)c3c(N)nccn23)C1. The van der Waals surface area contributed by atoms with Gasteiger partial charge in [0, 0.05) is 48.1 Å². The van der Waals surface area contributed by atoms with E-state index >= 15 is 0 Å². The zero-order valence-corrected chi connectivity index (χ0v) is 21.7. The Morgan fingerprint density at radius 1 is 1.10 bits per heavy atom. The van der Waals surface area contributed by atoms with Crippen LogP contribution in [0, 0.1) is 0 Å². The first-order valence-electron chi connectivity index (χ1n) is 13.0. The average Bonchev–Trinajstić information content (AvgIpc) is 3.34. The van der Waals surface area contributed by atoms with Gasteiger partial charge in [0.2, 0.25) is 5.91 Å². The fraction of sp³-hybridized carbons (Fsp3) is 0.321. The largest absolute Gasteiger partial charge is 0.416 e. The molecule has 12 heteroatoms. The zero-order valence-electron chi connectivity index (χ0n) is 21.7. The lowest BCUT2D eigenvalue weighted by molar-refractivity contribution is -0.137. The number of pyridine rings is 1. The summed E-state index contributed by atoms with van der Waals surface area (Å²) in [6, 6.07) is 8.23. The lowest BCUT2D eigenvalue weighted by atomic mass is 9.85. The molecule has 3 heterocycles. The van der Waals surface area contributed by atoms with Crippen molar-refractivity contribution in [3.05, 3.63) is 71.9 Å². The monoisotopic (exact) mass is 551 g/mol. The third-order valence-electron chi connectivity index (χ3n) is 7.09. The molecule has 5 rings (SSSR count). The molecule has 0 unspecified atom stereocenters. The van der Waals surface area contributed by atoms with E-state index in [4.69, 9.17) is 10.7 Å². The summed E-state index contributed by atoms with van der Waals surface area (Å²) in [5.41, 5.74) is 7.55. The van der Waals surface area contributed by atoms with Crippen molar-refractivity contribution in [3.63, 3.8) is 0 Å². The van der Waals surface area contributed by atoms with Crippen molar-refractivity contribution in [2.75, 3.05) is 11.1 Å². The number of nitrogens with two attached hydrogens (primary N) is 1. The van der Waals surface area contributed by atoms with E-state index in [-0.39, 0.29) is 29.2 Å². The Balaban J connectivity index is 1.41. The van der Waals surface area contributed by atoms with Gasteiger partial charge in [-0.2, -0.15) is 13.2 Å². The van der Waals surface area contributed by atoms with E-state index in [9.17, 15) is 22.8 Å². The molecule has 40 heavy (non-hydrogen) atoms. The molecule has 1 aliphatic carbocycles. The van der Waals surface area contributed by atoms with Crippen molar-refractivity contribution < 1.29 is 22.8 Å². The molecule has 1 aliphatic rings. The van der Waals surface area contributed by atoms with Crippen LogP contribution in [-0.2, 0) is 11.0 Å². The Morgan fingerprint density at radius 3 is 2.60 bits per heavy atom. The first kappa shape index (κ1) is 27.1. The molecule has 0 saturated heterocycles. The number of halogens is 3. The highest BCUT2D eigenvalue weighted by Crippen LogP contribution is 2.37. The Labute approximate surface area is 228 Å². The van der Waals surface area contributed by atoms with Crippen molar-refractivity contribution in [2.45, 2.75) is 57.2 Å². The number of imidazole rings is 1. The minimum atomic E-state index is -4.55. The number of nitrogens with one attached hydrogen (secondary N) is 2. The molecule has 4 N–H and O–H groups in total. The molecule has 0 bridgehead atoms. The second-order valence-electron chi connectivity index (χ2n) is 9.79. The molecule has 1 fully saturated rings. The van der Waals surface area contributed by atoms with Gasteiger partial charge in [0.05, 0.1) is 5.56 Å². The van der Waals surface area contributed by atoms with Crippen molar-refractivity contribution in [3.8, 4) is 11.3 Å². The van der Waals surface area contributed by atoms with Crippen LogP contribution in [0.1, 0.15) is 66.7 Å². The number of alkyl halides is 3. The van der Waals surface area contributed by atoms with Crippen molar-refractivity contribution in [1.29, 1.82) is 0 Å². The Bertz CT molecular complexity index is 1550. The predicted octanol–water partition coefficient (Wildman–Crippen LogP) is 5.20. The van der Waals surface area contributed by atoms with Crippen molar-refractivity contribution in [2.24, 2.45) is 0 Å². The topological polar surface area (TPSA) is 127 Å². The first-order chi connectivity index (χ1) is 19.1. The number of aromatic nitrogens is 4. The molecular weight excluding hydrogens is 523 g/mol. The fourth-order valence-electron chi connectivity index (χ4n) is 5.10. The van der Waals surface area contributed by atoms with Gasteiger partial charge < -0.3 is 16.4 Å². The van der Waals surface area contributed by atoms with Crippen LogP contribution >= 0.6 is 0 Å². The Hall–Kier alpha value is -4.48. The van der Waals surface area contributed by atoms with E-state index < -0.39 is 17.6 Å². The molecule has 0 radical (unpaired) electrons. The molecule has 2 amide bonds. The second kappa shape index (κ2) is 10.9. The third kappa shape index (κ3) is 5.61. The normalized spacial score (nSPS) is 17.5. The van der Waals surface area contributed by atoms with Crippen molar-refractivity contribution in [1.82, 2.24) is 24.7 Å². The Kier molecular flexibility index (Phi) is 7.42. The van der Waals surface area contributed by atoms with E-state index in [1.165, 1.54) is 0 Å². The van der Waals surface area contributed by atoms with Gasteiger partial charge in [-0.15, -0.1) is 0 Å². The summed E-state index contributed by atoms with van der Waals surface area (Å²) in [7, 11) is 0. The lowest BCUT2D eigenvalue weighted by Gasteiger charge is -2.29. The van der Waals surface area contributed by atoms with Gasteiger partial charge >= 0.3 is 6.18 Å². The minimum absolute atomic E-state index is 0.0284. The molecule has 3 aromatic heterocycles. The first-order valence-corrected chi connectivity index (χ1v) is 13.0. The van der Waals surface area contributed by atoms with E-state index in [0.717, 1.165) is 49.8 Å². The van der Waals surface area contributed by atoms with Crippen LogP contribution in [0.4, 0.5) is 24.8 Å². The lowest BCUT2D eigenvalue weighted by Crippen LogP contribution is -2.37. The number of amides is 2. The second-order valence-corrected chi connectivity index (χ2v) is 9.79. The van der Waals surface area contributed by atoms with E-state index in [2.05, 4.69) is 20.6 Å². The Morgan fingerprint density at radius 2 is 1.88 bits per heavy atom. The van der Waals surface area contributed by atoms with Crippen LogP contribution in [0.25, 0.3) is 16.8 Å². The zero-order chi connectivity index (χ0) is 28.4. The van der Waals surface area contributed by atoms with Gasteiger partial charge in [0.25, 0.3) is 5.91 Å². The number of anilines is 2. The molecule has 4 aromatic rings. The van der Waals surface area contributed by atoms with Crippen LogP contribution in [-0.4, -0.2) is 37.2 Å². The molecule has 0 spiro atoms. The van der Waals surface area contributed by atoms with Crippen molar-refractivity contribution >= 4 is 29.0 Å². The average molecular weight is 552 g/mol. The maximum Gasteiger partial charge on any atom is 0.416 e. The van der Waals surface area contributed by atoms with Crippen LogP contribution in [0.3, 0.4) is 0 Å². The maximum absolute atomic E-state index is 13.0. The van der Waals surface area contributed by atoms with Crippen LogP contribution in [0.15, 0.2) is 55.0 Å². The summed E-state index contributed by atoms with van der Waals surface area (Å²) in [5.74, 6) is 0.461. The van der Waals surface area contributed by atoms with E-state index in [1.54, 1.807) is 30.5 Å². The summed E-state index contributed by atoms with van der Waals surface area (Å²) in [5, 5.41) is 5.51. The maximum atomic E-state index is 13.0. The molecule has 9 nitrogen and oxygen atoms in total. The molecule has 1 saturated carbocycles. The minimum Gasteiger partial charge on any atom is -0.382 e. The highest BCUT2D eigenvalue weighted by molar-refractivity contribution is 6.04. The molecule has 2 atom stereocenters. The third-order valence-corrected chi connectivity index (χ3v) is 7.09. The van der Waals surface area contributed by atoms with E-state index in [1.807, 2.05) is 17.5 Å². The number of rotatable bonds is 6. The predicted molar refractivity (Wildman–Crippen MR) is 143 cm³/mol. The number of benzene rings is 1. The van der Waals surface area contributed by atoms with Crippen LogP contribution in [0.5, 0.6) is 0 Å². The highest BCUT2D eigenvalue weighted by Gasteiger charge is 2.31. The summed E-state index contributed by atoms with van der Waals surface area (Å²) >= 11 is 0. The van der Waals surface area contributed by atoms with Gasteiger partial charge in [-0.05, 0) is 43.5 Å². The summed E-state index contributed by atoms with van der Waals surface area (Å²) in [4.78, 5) is 37.7. The standard InChI is InChI=1S/C28H28F3N7O2/c1-2-22(39)35-20-5-3-4-18(14-20)26-37-23(24-25(32)34-12-13-38(24)26)16-6-8-17(9-7-16)27(40)36-21-15-19(10-11-33-21)28(29,30)31/h6-13,15,18,20H,2-5,14H2,1H3,(H2,32,34)(H,35,39)(H,33,36,40)/t18-,20+/m0/s1. The highest BCUT2D eigenvalue weighted by atomic mass is 19.4. The summed E-state index contributed by atoms with van der Waals surface area (Å²) < 4.78 is 40.9. The number of fused-ring (bicyclic) bond motifs is 1. The molecule has 0 aliphatic heterocycles. The van der Waals surface area contributed by atoms with Crippen LogP contribution < -0.4 is 16.4 Å². The van der Waals surface area contributed by atoms with Gasteiger partial charge in [-0.1, -0.05) is 25.5 Å². The van der Waals surface area contributed by atoms with Crippen LogP contribution in [0.2, 0.25) is 0 Å². The van der Waals surface area contributed by atoms with Gasteiger partial charge in [0.15, 0.2) is 0 Å². The smallest absolute Gasteiger partial charge is 0.382 e. The number of carbonyl (C=O) groups excluding carboxylic acids is 2. The van der Waals surface area contributed by atoms with Gasteiger partial charge in [0.1, 0.15) is 28.7 Å². The number of carbonyl (C=O) groups is 2. The fourth-order valence-corrected chi connectivity index (χ4v) is 5.10.